The number of hydrogen-bond acceptors (Lipinski definition) is 4. The minimum atomic E-state index is -3.63. The number of rotatable bonds is 3. The van der Waals surface area contributed by atoms with E-state index in [2.05, 4.69) is 14.9 Å². The van der Waals surface area contributed by atoms with Gasteiger partial charge in [0.25, 0.3) is 10.0 Å². The molecule has 96 valence electrons. The van der Waals surface area contributed by atoms with Gasteiger partial charge in [-0.15, -0.1) is 0 Å². The summed E-state index contributed by atoms with van der Waals surface area (Å²) >= 11 is 0. The lowest BCUT2D eigenvalue weighted by Crippen LogP contribution is -2.13. The Hall–Kier alpha value is -2.02. The molecule has 0 saturated carbocycles. The fourth-order valence-corrected chi connectivity index (χ4v) is 2.71. The van der Waals surface area contributed by atoms with E-state index in [1.165, 1.54) is 6.20 Å². The maximum absolute atomic E-state index is 12.1. The molecule has 0 aliphatic heterocycles. The molecule has 4 N–H and O–H groups in total. The Balaban J connectivity index is 2.34. The van der Waals surface area contributed by atoms with Crippen molar-refractivity contribution in [1.82, 2.24) is 10.2 Å². The van der Waals surface area contributed by atoms with Gasteiger partial charge in [-0.3, -0.25) is 9.82 Å². The van der Waals surface area contributed by atoms with E-state index in [0.717, 1.165) is 5.56 Å². The van der Waals surface area contributed by atoms with Gasteiger partial charge >= 0.3 is 0 Å². The van der Waals surface area contributed by atoms with Gasteiger partial charge in [-0.25, -0.2) is 8.42 Å². The van der Waals surface area contributed by atoms with Crippen LogP contribution in [0.5, 0.6) is 0 Å². The molecule has 1 aromatic heterocycles. The summed E-state index contributed by atoms with van der Waals surface area (Å²) in [5.41, 5.74) is 8.09. The van der Waals surface area contributed by atoms with E-state index in [9.17, 15) is 8.42 Å². The number of anilines is 2. The molecular weight excluding hydrogens is 252 g/mol. The molecule has 1 aromatic carbocycles. The second-order valence-corrected chi connectivity index (χ2v) is 5.69. The van der Waals surface area contributed by atoms with Crippen molar-refractivity contribution in [1.29, 1.82) is 0 Å². The molecule has 1 heterocycles. The summed E-state index contributed by atoms with van der Waals surface area (Å²) in [5, 5.41) is 6.28. The van der Waals surface area contributed by atoms with Gasteiger partial charge < -0.3 is 5.73 Å². The highest BCUT2D eigenvalue weighted by Crippen LogP contribution is 2.21. The summed E-state index contributed by atoms with van der Waals surface area (Å²) in [6.07, 6.45) is 1.27. The molecule has 18 heavy (non-hydrogen) atoms. The zero-order valence-corrected chi connectivity index (χ0v) is 10.9. The molecule has 6 nitrogen and oxygen atoms in total. The summed E-state index contributed by atoms with van der Waals surface area (Å²) < 4.78 is 26.6. The first-order chi connectivity index (χ1) is 8.40. The van der Waals surface area contributed by atoms with Crippen molar-refractivity contribution in [2.45, 2.75) is 18.7 Å². The van der Waals surface area contributed by atoms with Crippen LogP contribution in [0.2, 0.25) is 0 Å². The van der Waals surface area contributed by atoms with Gasteiger partial charge in [0.05, 0.1) is 17.6 Å². The summed E-state index contributed by atoms with van der Waals surface area (Å²) in [6, 6.07) is 5.01. The van der Waals surface area contributed by atoms with Crippen molar-refractivity contribution in [3.63, 3.8) is 0 Å². The molecule has 0 aliphatic rings. The van der Waals surface area contributed by atoms with Crippen LogP contribution < -0.4 is 10.5 Å². The number of hydrogen-bond donors (Lipinski definition) is 3. The number of nitrogens with zero attached hydrogens (tertiary/aromatic N) is 1. The molecule has 0 spiro atoms. The third kappa shape index (κ3) is 2.30. The van der Waals surface area contributed by atoms with Crippen LogP contribution in [0.25, 0.3) is 0 Å². The minimum Gasteiger partial charge on any atom is -0.398 e. The lowest BCUT2D eigenvalue weighted by atomic mass is 10.2. The number of aryl methyl sites for hydroxylation is 2. The Kier molecular flexibility index (Phi) is 3.00. The summed E-state index contributed by atoms with van der Waals surface area (Å²) in [5.74, 6) is 0. The van der Waals surface area contributed by atoms with E-state index >= 15 is 0 Å². The van der Waals surface area contributed by atoms with Crippen molar-refractivity contribution in [3.8, 4) is 0 Å². The summed E-state index contributed by atoms with van der Waals surface area (Å²) in [6.45, 7) is 3.50. The highest BCUT2D eigenvalue weighted by atomic mass is 32.2. The smallest absolute Gasteiger partial charge is 0.265 e. The van der Waals surface area contributed by atoms with Crippen LogP contribution in [0.4, 0.5) is 11.4 Å². The zero-order valence-electron chi connectivity index (χ0n) is 10.1. The summed E-state index contributed by atoms with van der Waals surface area (Å²) in [4.78, 5) is 0.127. The lowest BCUT2D eigenvalue weighted by Gasteiger charge is -2.08. The predicted molar refractivity (Wildman–Crippen MR) is 69.7 cm³/mol. The average Bonchev–Trinajstić information content (AvgIpc) is 2.70. The van der Waals surface area contributed by atoms with Crippen LogP contribution in [0, 0.1) is 13.8 Å². The van der Waals surface area contributed by atoms with Crippen LogP contribution in [-0.2, 0) is 10.0 Å². The van der Waals surface area contributed by atoms with Gasteiger partial charge in [0, 0.05) is 5.69 Å². The van der Waals surface area contributed by atoms with Gasteiger partial charge in [0.2, 0.25) is 0 Å². The second-order valence-electron chi connectivity index (χ2n) is 4.04. The predicted octanol–water partition coefficient (Wildman–Crippen LogP) is 1.41. The number of aromatic nitrogens is 2. The van der Waals surface area contributed by atoms with Crippen LogP contribution in [0.1, 0.15) is 11.3 Å². The SMILES string of the molecule is Cc1ccc(NS(=O)(=O)c2cn[nH]c2C)cc1N. The van der Waals surface area contributed by atoms with Crippen LogP contribution in [0.15, 0.2) is 29.3 Å². The molecule has 0 saturated heterocycles. The first-order valence-corrected chi connectivity index (χ1v) is 6.77. The van der Waals surface area contributed by atoms with E-state index in [-0.39, 0.29) is 4.90 Å². The van der Waals surface area contributed by atoms with Crippen LogP contribution in [-0.4, -0.2) is 18.6 Å². The molecular formula is C11H14N4O2S. The molecule has 0 amide bonds. The Labute approximate surface area is 105 Å². The van der Waals surface area contributed by atoms with Gasteiger partial charge in [-0.1, -0.05) is 6.07 Å². The number of H-pyrrole nitrogens is 1. The average molecular weight is 266 g/mol. The highest BCUT2D eigenvalue weighted by molar-refractivity contribution is 7.92. The first kappa shape index (κ1) is 12.4. The first-order valence-electron chi connectivity index (χ1n) is 5.29. The van der Waals surface area contributed by atoms with Gasteiger partial charge in [-0.05, 0) is 31.5 Å². The maximum atomic E-state index is 12.1. The molecule has 7 heteroatoms. The Morgan fingerprint density at radius 1 is 1.33 bits per heavy atom. The van der Waals surface area contributed by atoms with Crippen LogP contribution >= 0.6 is 0 Å². The van der Waals surface area contributed by atoms with Gasteiger partial charge in [0.15, 0.2) is 0 Å². The standard InChI is InChI=1S/C11H14N4O2S/c1-7-3-4-9(5-10(7)12)15-18(16,17)11-6-13-14-8(11)2/h3-6,15H,12H2,1-2H3,(H,13,14). The lowest BCUT2D eigenvalue weighted by molar-refractivity contribution is 0.600. The Bertz CT molecular complexity index is 676. The quantitative estimate of drug-likeness (QED) is 0.731. The number of nitrogens with two attached hydrogens (primary N) is 1. The maximum Gasteiger partial charge on any atom is 0.265 e. The molecule has 2 rings (SSSR count). The molecule has 0 radical (unpaired) electrons. The van der Waals surface area contributed by atoms with Crippen molar-refractivity contribution >= 4 is 21.4 Å². The molecule has 0 unspecified atom stereocenters. The second kappa shape index (κ2) is 4.34. The molecule has 0 atom stereocenters. The van der Waals surface area contributed by atoms with Gasteiger partial charge in [-0.2, -0.15) is 5.10 Å². The molecule has 0 aliphatic carbocycles. The fourth-order valence-electron chi connectivity index (χ4n) is 1.52. The van der Waals surface area contributed by atoms with E-state index in [1.807, 2.05) is 6.92 Å². The zero-order chi connectivity index (χ0) is 13.3. The van der Waals surface area contributed by atoms with E-state index in [0.29, 0.717) is 17.1 Å². The number of aromatic amines is 1. The monoisotopic (exact) mass is 266 g/mol. The summed E-state index contributed by atoms with van der Waals surface area (Å²) in [7, 11) is -3.63. The fraction of sp³-hybridized carbons (Fsp3) is 0.182. The number of benzene rings is 1. The van der Waals surface area contributed by atoms with E-state index in [4.69, 9.17) is 5.73 Å². The number of sulfonamides is 1. The van der Waals surface area contributed by atoms with Gasteiger partial charge in [0.1, 0.15) is 4.90 Å². The van der Waals surface area contributed by atoms with Crippen LogP contribution in [0.3, 0.4) is 0 Å². The normalized spacial score (nSPS) is 11.4. The molecule has 0 fully saturated rings. The van der Waals surface area contributed by atoms with Crippen molar-refractivity contribution in [2.75, 3.05) is 10.5 Å². The van der Waals surface area contributed by atoms with Crippen molar-refractivity contribution < 1.29 is 8.42 Å². The topological polar surface area (TPSA) is 101 Å². The number of nitrogens with one attached hydrogen (secondary N) is 2. The van der Waals surface area contributed by atoms with E-state index in [1.54, 1.807) is 25.1 Å². The van der Waals surface area contributed by atoms with Crippen molar-refractivity contribution in [3.05, 3.63) is 35.7 Å². The third-order valence-electron chi connectivity index (χ3n) is 2.60. The Morgan fingerprint density at radius 2 is 2.06 bits per heavy atom. The molecule has 2 aromatic rings. The third-order valence-corrected chi connectivity index (χ3v) is 4.10. The Morgan fingerprint density at radius 3 is 2.61 bits per heavy atom. The van der Waals surface area contributed by atoms with Crippen molar-refractivity contribution in [2.24, 2.45) is 0 Å². The largest absolute Gasteiger partial charge is 0.398 e. The minimum absolute atomic E-state index is 0.127. The van der Waals surface area contributed by atoms with E-state index < -0.39 is 10.0 Å². The number of nitrogen functional groups attached to an aromatic ring is 1. The highest BCUT2D eigenvalue weighted by Gasteiger charge is 2.18. The molecule has 0 bridgehead atoms.